The summed E-state index contributed by atoms with van der Waals surface area (Å²) in [4.78, 5) is 45.8. The third-order valence-corrected chi connectivity index (χ3v) is 3.44. The molecular weight excluding hydrogens is 316 g/mol. The number of carbonyl (C=O) groups is 4. The number of aliphatic carboxylic acids is 2. The zero-order valence-corrected chi connectivity index (χ0v) is 14.7. The lowest BCUT2D eigenvalue weighted by molar-refractivity contribution is -0.143. The van der Waals surface area contributed by atoms with Gasteiger partial charge in [0.2, 0.25) is 5.91 Å². The van der Waals surface area contributed by atoms with Gasteiger partial charge in [0, 0.05) is 24.8 Å². The fourth-order valence-corrected chi connectivity index (χ4v) is 2.07. The van der Waals surface area contributed by atoms with Gasteiger partial charge in [0.05, 0.1) is 6.04 Å². The number of hydrogen-bond acceptors (Lipinski definition) is 5. The Hall–Kier alpha value is -1.96. The molecule has 0 bridgehead atoms. The number of amides is 1. The summed E-state index contributed by atoms with van der Waals surface area (Å²) >= 11 is 0. The molecule has 0 aliphatic heterocycles. The van der Waals surface area contributed by atoms with Gasteiger partial charge in [-0.3, -0.25) is 14.4 Å². The van der Waals surface area contributed by atoms with E-state index >= 15 is 0 Å². The average molecular weight is 344 g/mol. The van der Waals surface area contributed by atoms with Crippen LogP contribution in [0.25, 0.3) is 0 Å². The molecule has 0 radical (unpaired) electrons. The molecule has 138 valence electrons. The first-order chi connectivity index (χ1) is 11.0. The van der Waals surface area contributed by atoms with Gasteiger partial charge in [0.1, 0.15) is 11.8 Å². The molecule has 0 heterocycles. The van der Waals surface area contributed by atoms with Crippen LogP contribution in [-0.2, 0) is 19.2 Å². The number of rotatable bonds is 12. The Morgan fingerprint density at radius 1 is 0.875 bits per heavy atom. The van der Waals surface area contributed by atoms with E-state index in [1.165, 1.54) is 0 Å². The molecule has 0 aliphatic rings. The number of hydrogen-bond donors (Lipinski definition) is 4. The smallest absolute Gasteiger partial charge is 0.326 e. The zero-order valence-electron chi connectivity index (χ0n) is 14.7. The van der Waals surface area contributed by atoms with Crippen molar-refractivity contribution in [3.8, 4) is 0 Å². The quantitative estimate of drug-likeness (QED) is 0.411. The van der Waals surface area contributed by atoms with Crippen LogP contribution < -0.4 is 10.6 Å². The highest BCUT2D eigenvalue weighted by molar-refractivity contribution is 5.88. The third kappa shape index (κ3) is 9.24. The third-order valence-electron chi connectivity index (χ3n) is 3.44. The van der Waals surface area contributed by atoms with Gasteiger partial charge in [0.25, 0.3) is 0 Å². The Morgan fingerprint density at radius 3 is 1.83 bits per heavy atom. The molecule has 0 saturated carbocycles. The molecule has 0 aromatic rings. The van der Waals surface area contributed by atoms with E-state index in [9.17, 15) is 19.2 Å². The van der Waals surface area contributed by atoms with Crippen LogP contribution in [0, 0.1) is 5.92 Å². The first-order valence-corrected chi connectivity index (χ1v) is 8.08. The van der Waals surface area contributed by atoms with Crippen LogP contribution in [0.15, 0.2) is 0 Å². The highest BCUT2D eigenvalue weighted by Gasteiger charge is 2.26. The van der Waals surface area contributed by atoms with Crippen molar-refractivity contribution in [2.45, 2.75) is 71.5 Å². The Kier molecular flexibility index (Phi) is 9.87. The first kappa shape index (κ1) is 22.0. The highest BCUT2D eigenvalue weighted by Crippen LogP contribution is 2.07. The Bertz CT molecular complexity index is 461. The predicted octanol–water partition coefficient (Wildman–Crippen LogP) is 0.793. The number of carbonyl (C=O) groups excluding carboxylic acids is 2. The molecule has 2 unspecified atom stereocenters. The van der Waals surface area contributed by atoms with Crippen LogP contribution >= 0.6 is 0 Å². The highest BCUT2D eigenvalue weighted by atomic mass is 16.4. The normalized spacial score (nSPS) is 13.6. The number of Topliss-reactive ketones (excluding diaryl/α,β-unsaturated/α-hetero) is 1. The van der Waals surface area contributed by atoms with E-state index in [1.54, 1.807) is 13.8 Å². The minimum absolute atomic E-state index is 0.0269. The molecule has 8 heteroatoms. The van der Waals surface area contributed by atoms with Crippen molar-refractivity contribution < 1.29 is 29.4 Å². The van der Waals surface area contributed by atoms with Crippen LogP contribution in [0.3, 0.4) is 0 Å². The summed E-state index contributed by atoms with van der Waals surface area (Å²) < 4.78 is 0. The summed E-state index contributed by atoms with van der Waals surface area (Å²) in [5.41, 5.74) is 0. The van der Waals surface area contributed by atoms with E-state index in [4.69, 9.17) is 10.2 Å². The summed E-state index contributed by atoms with van der Waals surface area (Å²) in [5.74, 6) is -3.06. The molecule has 24 heavy (non-hydrogen) atoms. The molecule has 0 aromatic heterocycles. The topological polar surface area (TPSA) is 133 Å². The molecule has 0 saturated heterocycles. The number of ketones is 1. The number of carboxylic acids is 2. The minimum atomic E-state index is -1.29. The number of nitrogens with one attached hydrogen (secondary N) is 2. The predicted molar refractivity (Wildman–Crippen MR) is 87.6 cm³/mol. The molecule has 0 aromatic carbocycles. The molecule has 4 N–H and O–H groups in total. The van der Waals surface area contributed by atoms with Crippen molar-refractivity contribution in [3.63, 3.8) is 0 Å². The maximum atomic E-state index is 12.3. The van der Waals surface area contributed by atoms with Crippen molar-refractivity contribution in [1.29, 1.82) is 0 Å². The van der Waals surface area contributed by atoms with Crippen molar-refractivity contribution in [1.82, 2.24) is 10.6 Å². The maximum absolute atomic E-state index is 12.3. The van der Waals surface area contributed by atoms with Crippen LogP contribution in [0.4, 0.5) is 0 Å². The van der Waals surface area contributed by atoms with Crippen LogP contribution in [0.5, 0.6) is 0 Å². The molecule has 2 atom stereocenters. The second kappa shape index (κ2) is 10.7. The van der Waals surface area contributed by atoms with Gasteiger partial charge in [-0.05, 0) is 12.8 Å². The summed E-state index contributed by atoms with van der Waals surface area (Å²) in [7, 11) is 0. The van der Waals surface area contributed by atoms with E-state index in [1.807, 2.05) is 13.8 Å². The second-order valence-corrected chi connectivity index (χ2v) is 6.37. The Labute approximate surface area is 142 Å². The summed E-state index contributed by atoms with van der Waals surface area (Å²) in [6, 6.07) is -2.01. The zero-order chi connectivity index (χ0) is 18.9. The minimum Gasteiger partial charge on any atom is -0.481 e. The lowest BCUT2D eigenvalue weighted by atomic mass is 10.00. The monoisotopic (exact) mass is 344 g/mol. The van der Waals surface area contributed by atoms with Crippen LogP contribution in [0.1, 0.15) is 53.4 Å². The van der Waals surface area contributed by atoms with E-state index in [-0.39, 0.29) is 43.4 Å². The first-order valence-electron chi connectivity index (χ1n) is 8.08. The molecule has 0 spiro atoms. The molecular formula is C16H28N2O6. The fourth-order valence-electron chi connectivity index (χ4n) is 2.07. The van der Waals surface area contributed by atoms with Gasteiger partial charge >= 0.3 is 11.9 Å². The summed E-state index contributed by atoms with van der Waals surface area (Å²) in [6.07, 6.45) is -0.0876. The van der Waals surface area contributed by atoms with Gasteiger partial charge in [-0.25, -0.2) is 4.79 Å². The number of carboxylic acid groups (broad SMARTS) is 2. The molecule has 0 fully saturated rings. The molecule has 0 aliphatic carbocycles. The standard InChI is InChI=1S/C16H28N2O6/c1-9(2)13(19)7-5-11(17-10(3)4)15(22)18-12(16(23)24)6-8-14(20)21/h9-12,17H,5-8H2,1-4H3,(H,18,22)(H,20,21)(H,23,24). The van der Waals surface area contributed by atoms with Gasteiger partial charge in [-0.2, -0.15) is 0 Å². The van der Waals surface area contributed by atoms with Crippen molar-refractivity contribution in [3.05, 3.63) is 0 Å². The van der Waals surface area contributed by atoms with Crippen LogP contribution in [0.2, 0.25) is 0 Å². The fraction of sp³-hybridized carbons (Fsp3) is 0.750. The largest absolute Gasteiger partial charge is 0.481 e. The molecule has 1 amide bonds. The average Bonchev–Trinajstić information content (AvgIpc) is 2.45. The van der Waals surface area contributed by atoms with Crippen molar-refractivity contribution in [2.24, 2.45) is 5.92 Å². The van der Waals surface area contributed by atoms with Gasteiger partial charge in [-0.1, -0.05) is 27.7 Å². The Morgan fingerprint density at radius 2 is 1.42 bits per heavy atom. The molecule has 8 nitrogen and oxygen atoms in total. The molecule has 0 rings (SSSR count). The second-order valence-electron chi connectivity index (χ2n) is 6.37. The van der Waals surface area contributed by atoms with Gasteiger partial charge < -0.3 is 20.8 Å². The summed E-state index contributed by atoms with van der Waals surface area (Å²) in [5, 5.41) is 23.1. The van der Waals surface area contributed by atoms with E-state index in [0.29, 0.717) is 0 Å². The Balaban J connectivity index is 4.84. The lowest BCUT2D eigenvalue weighted by Crippen LogP contribution is -2.52. The van der Waals surface area contributed by atoms with Gasteiger partial charge in [0.15, 0.2) is 0 Å². The van der Waals surface area contributed by atoms with Crippen LogP contribution in [-0.4, -0.2) is 52.0 Å². The lowest BCUT2D eigenvalue weighted by Gasteiger charge is -2.23. The van der Waals surface area contributed by atoms with E-state index < -0.39 is 29.9 Å². The summed E-state index contributed by atoms with van der Waals surface area (Å²) in [6.45, 7) is 7.23. The van der Waals surface area contributed by atoms with Gasteiger partial charge in [-0.15, -0.1) is 0 Å². The SMILES string of the molecule is CC(C)NC(CCC(=O)C(C)C)C(=O)NC(CCC(=O)O)C(=O)O. The maximum Gasteiger partial charge on any atom is 0.326 e. The van der Waals surface area contributed by atoms with Crippen molar-refractivity contribution >= 4 is 23.6 Å². The van der Waals surface area contributed by atoms with E-state index in [2.05, 4.69) is 10.6 Å². The van der Waals surface area contributed by atoms with E-state index in [0.717, 1.165) is 0 Å². The van der Waals surface area contributed by atoms with Crippen molar-refractivity contribution in [2.75, 3.05) is 0 Å².